The molecule has 10 nitrogen and oxygen atoms in total. The van der Waals surface area contributed by atoms with E-state index in [4.69, 9.17) is 4.74 Å². The predicted octanol–water partition coefficient (Wildman–Crippen LogP) is 0.829. The quantitative estimate of drug-likeness (QED) is 0.452. The van der Waals surface area contributed by atoms with Crippen molar-refractivity contribution in [2.45, 2.75) is 32.4 Å². The first kappa shape index (κ1) is 18.4. The van der Waals surface area contributed by atoms with Crippen LogP contribution in [0.3, 0.4) is 0 Å². The van der Waals surface area contributed by atoms with E-state index < -0.39 is 40.3 Å². The average molecular weight is 388 g/mol. The minimum atomic E-state index is -1.58. The maximum atomic E-state index is 13.5. The Bertz CT molecular complexity index is 900. The standard InChI is InChI=1S/C18H20N4O6/c1-10(2)21-16(24)18(15(23)19-17(21)25)8-11-7-12(22(26)27)3-4-13(11)20-5-6-28-9-14(18)20/h3-4,7,10,14H,5-6,8-9H2,1-2H3,(H,19,23,25). The normalized spacial score (nSPS) is 27.0. The lowest BCUT2D eigenvalue weighted by atomic mass is 9.68. The van der Waals surface area contributed by atoms with Gasteiger partial charge in [-0.05, 0) is 25.5 Å². The summed E-state index contributed by atoms with van der Waals surface area (Å²) in [6.07, 6.45) is -0.0320. The highest BCUT2D eigenvalue weighted by Gasteiger charge is 2.63. The maximum Gasteiger partial charge on any atom is 0.331 e. The Morgan fingerprint density at radius 3 is 2.75 bits per heavy atom. The van der Waals surface area contributed by atoms with E-state index in [2.05, 4.69) is 5.32 Å². The van der Waals surface area contributed by atoms with Crippen LogP contribution in [0.4, 0.5) is 16.2 Å². The second-order valence-corrected chi connectivity index (χ2v) is 7.53. The first-order chi connectivity index (χ1) is 13.3. The van der Waals surface area contributed by atoms with E-state index in [1.54, 1.807) is 19.9 Å². The fraction of sp³-hybridized carbons (Fsp3) is 0.500. The summed E-state index contributed by atoms with van der Waals surface area (Å²) >= 11 is 0. The zero-order valence-corrected chi connectivity index (χ0v) is 15.5. The van der Waals surface area contributed by atoms with Gasteiger partial charge in [0.05, 0.1) is 24.2 Å². The number of fused-ring (bicyclic) bond motifs is 4. The molecular weight excluding hydrogens is 368 g/mol. The van der Waals surface area contributed by atoms with Crippen molar-refractivity contribution in [2.75, 3.05) is 24.7 Å². The summed E-state index contributed by atoms with van der Waals surface area (Å²) in [5.41, 5.74) is -0.408. The highest BCUT2D eigenvalue weighted by atomic mass is 16.6. The van der Waals surface area contributed by atoms with Gasteiger partial charge in [-0.3, -0.25) is 29.9 Å². The summed E-state index contributed by atoms with van der Waals surface area (Å²) in [4.78, 5) is 52.5. The largest absolute Gasteiger partial charge is 0.377 e. The summed E-state index contributed by atoms with van der Waals surface area (Å²) in [6, 6.07) is 2.67. The molecular formula is C18H20N4O6. The molecule has 0 radical (unpaired) electrons. The lowest BCUT2D eigenvalue weighted by Gasteiger charge is -2.53. The monoisotopic (exact) mass is 388 g/mol. The van der Waals surface area contributed by atoms with Crippen LogP contribution in [0, 0.1) is 15.5 Å². The smallest absolute Gasteiger partial charge is 0.331 e. The van der Waals surface area contributed by atoms with Crippen molar-refractivity contribution in [1.82, 2.24) is 10.2 Å². The Balaban J connectivity index is 1.89. The molecule has 0 aliphatic carbocycles. The van der Waals surface area contributed by atoms with Crippen molar-refractivity contribution < 1.29 is 24.0 Å². The molecule has 148 valence electrons. The van der Waals surface area contributed by atoms with Gasteiger partial charge in [-0.1, -0.05) is 0 Å². The third-order valence-electron chi connectivity index (χ3n) is 5.71. The van der Waals surface area contributed by atoms with Crippen LogP contribution in [0.1, 0.15) is 19.4 Å². The Morgan fingerprint density at radius 2 is 2.07 bits per heavy atom. The number of nitrogens with one attached hydrogen (secondary N) is 1. The molecule has 3 aliphatic heterocycles. The van der Waals surface area contributed by atoms with Crippen LogP contribution < -0.4 is 10.2 Å². The maximum absolute atomic E-state index is 13.5. The summed E-state index contributed by atoms with van der Waals surface area (Å²) < 4.78 is 5.58. The number of non-ortho nitro benzene ring substituents is 1. The van der Waals surface area contributed by atoms with Crippen molar-refractivity contribution >= 4 is 29.2 Å². The summed E-state index contributed by atoms with van der Waals surface area (Å²) in [5.74, 6) is -1.27. The molecule has 2 atom stereocenters. The van der Waals surface area contributed by atoms with E-state index in [-0.39, 0.29) is 18.7 Å². The van der Waals surface area contributed by atoms with Crippen molar-refractivity contribution in [2.24, 2.45) is 5.41 Å². The minimum Gasteiger partial charge on any atom is -0.377 e. The lowest BCUT2D eigenvalue weighted by molar-refractivity contribution is -0.384. The number of hydrogen-bond acceptors (Lipinski definition) is 7. The molecule has 1 aromatic carbocycles. The Kier molecular flexibility index (Phi) is 4.11. The van der Waals surface area contributed by atoms with Crippen LogP contribution in [-0.2, 0) is 20.7 Å². The van der Waals surface area contributed by atoms with Crippen LogP contribution >= 0.6 is 0 Å². The highest BCUT2D eigenvalue weighted by Crippen LogP contribution is 2.46. The molecule has 3 aliphatic rings. The SMILES string of the molecule is CC(C)N1C(=O)NC(=O)C2(Cc3cc([N+](=O)[O-])ccc3N3CCOCC32)C1=O. The molecule has 2 unspecified atom stereocenters. The molecule has 4 rings (SSSR count). The van der Waals surface area contributed by atoms with Gasteiger partial charge in [0.2, 0.25) is 11.8 Å². The molecule has 2 saturated heterocycles. The van der Waals surface area contributed by atoms with Crippen molar-refractivity contribution in [1.29, 1.82) is 0 Å². The third-order valence-corrected chi connectivity index (χ3v) is 5.71. The summed E-state index contributed by atoms with van der Waals surface area (Å²) in [5, 5.41) is 13.5. The lowest BCUT2D eigenvalue weighted by Crippen LogP contribution is -2.74. The Morgan fingerprint density at radius 1 is 1.32 bits per heavy atom. The Labute approximate surface area is 160 Å². The topological polar surface area (TPSA) is 122 Å². The van der Waals surface area contributed by atoms with Gasteiger partial charge in [0, 0.05) is 36.8 Å². The zero-order valence-electron chi connectivity index (χ0n) is 15.5. The van der Waals surface area contributed by atoms with Crippen molar-refractivity contribution in [3.8, 4) is 0 Å². The van der Waals surface area contributed by atoms with E-state index in [9.17, 15) is 24.5 Å². The van der Waals surface area contributed by atoms with Gasteiger partial charge in [-0.15, -0.1) is 0 Å². The van der Waals surface area contributed by atoms with Gasteiger partial charge in [-0.2, -0.15) is 0 Å². The second kappa shape index (κ2) is 6.26. The Hall–Kier alpha value is -3.01. The van der Waals surface area contributed by atoms with Crippen molar-refractivity contribution in [3.05, 3.63) is 33.9 Å². The number of rotatable bonds is 2. The number of carbonyl (C=O) groups excluding carboxylic acids is 3. The highest BCUT2D eigenvalue weighted by molar-refractivity contribution is 6.20. The number of amides is 4. The van der Waals surface area contributed by atoms with Gasteiger partial charge in [0.25, 0.3) is 5.69 Å². The molecule has 0 bridgehead atoms. The van der Waals surface area contributed by atoms with E-state index in [0.717, 1.165) is 10.6 Å². The first-order valence-corrected chi connectivity index (χ1v) is 9.08. The molecule has 4 amide bonds. The number of nitro groups is 1. The zero-order chi connectivity index (χ0) is 20.2. The number of carbonyl (C=O) groups is 3. The van der Waals surface area contributed by atoms with E-state index in [0.29, 0.717) is 18.7 Å². The van der Waals surface area contributed by atoms with Gasteiger partial charge < -0.3 is 9.64 Å². The minimum absolute atomic E-state index is 0.0320. The molecule has 3 heterocycles. The molecule has 2 fully saturated rings. The van der Waals surface area contributed by atoms with Crippen LogP contribution in [-0.4, -0.2) is 59.5 Å². The van der Waals surface area contributed by atoms with Crippen molar-refractivity contribution in [3.63, 3.8) is 0 Å². The van der Waals surface area contributed by atoms with E-state index in [1.165, 1.54) is 12.1 Å². The molecule has 1 N–H and O–H groups in total. The fourth-order valence-corrected chi connectivity index (χ4v) is 4.42. The number of benzene rings is 1. The second-order valence-electron chi connectivity index (χ2n) is 7.53. The van der Waals surface area contributed by atoms with Gasteiger partial charge >= 0.3 is 6.03 Å². The fourth-order valence-electron chi connectivity index (χ4n) is 4.42. The average Bonchev–Trinajstić information content (AvgIpc) is 2.65. The molecule has 28 heavy (non-hydrogen) atoms. The van der Waals surface area contributed by atoms with Crippen LogP contribution in [0.5, 0.6) is 0 Å². The van der Waals surface area contributed by atoms with Crippen LogP contribution in [0.2, 0.25) is 0 Å². The molecule has 0 saturated carbocycles. The number of morpholine rings is 1. The molecule has 1 spiro atoms. The van der Waals surface area contributed by atoms with Gasteiger partial charge in [0.1, 0.15) is 0 Å². The number of barbiturate groups is 1. The third kappa shape index (κ3) is 2.40. The first-order valence-electron chi connectivity index (χ1n) is 9.08. The number of imide groups is 2. The number of anilines is 1. The van der Waals surface area contributed by atoms with Crippen LogP contribution in [0.15, 0.2) is 18.2 Å². The summed E-state index contributed by atoms with van der Waals surface area (Å²) in [6.45, 7) is 4.38. The summed E-state index contributed by atoms with van der Waals surface area (Å²) in [7, 11) is 0. The van der Waals surface area contributed by atoms with Gasteiger partial charge in [0.15, 0.2) is 5.41 Å². The van der Waals surface area contributed by atoms with Crippen LogP contribution in [0.25, 0.3) is 0 Å². The molecule has 1 aromatic rings. The number of nitrogens with zero attached hydrogens (tertiary/aromatic N) is 3. The number of urea groups is 1. The number of hydrogen-bond donors (Lipinski definition) is 1. The molecule has 0 aromatic heterocycles. The van der Waals surface area contributed by atoms with Gasteiger partial charge in [-0.25, -0.2) is 4.79 Å². The number of ether oxygens (including phenoxy) is 1. The predicted molar refractivity (Wildman–Crippen MR) is 96.7 cm³/mol. The molecule has 10 heteroatoms. The number of nitro benzene ring substituents is 1. The van der Waals surface area contributed by atoms with E-state index in [1.807, 2.05) is 4.90 Å². The van der Waals surface area contributed by atoms with E-state index >= 15 is 0 Å².